The van der Waals surface area contributed by atoms with Gasteiger partial charge in [-0.25, -0.2) is 4.98 Å². The molecule has 1 N–H and O–H groups in total. The van der Waals surface area contributed by atoms with Crippen LogP contribution in [0, 0.1) is 13.8 Å². The maximum Gasteiger partial charge on any atom is 0.255 e. The van der Waals surface area contributed by atoms with Crippen LogP contribution in [0.3, 0.4) is 0 Å². The lowest BCUT2D eigenvalue weighted by atomic mass is 10.1. The Morgan fingerprint density at radius 2 is 1.91 bits per heavy atom. The molecule has 2 heterocycles. The molecular weight excluding hydrogens is 312 g/mol. The lowest BCUT2D eigenvalue weighted by Crippen LogP contribution is -2.14. The summed E-state index contributed by atoms with van der Waals surface area (Å²) in [5.74, 6) is 1.03. The third-order valence-corrected chi connectivity index (χ3v) is 4.33. The number of aromatic amines is 1. The molecule has 7 heteroatoms. The van der Waals surface area contributed by atoms with Crippen molar-refractivity contribution in [2.75, 3.05) is 0 Å². The van der Waals surface area contributed by atoms with E-state index in [1.165, 1.54) is 11.8 Å². The Morgan fingerprint density at radius 1 is 1.17 bits per heavy atom. The first kappa shape index (κ1) is 15.5. The Morgan fingerprint density at radius 3 is 2.57 bits per heavy atom. The van der Waals surface area contributed by atoms with Gasteiger partial charge in [-0.3, -0.25) is 4.79 Å². The summed E-state index contributed by atoms with van der Waals surface area (Å²) in [5, 5.41) is 8.25. The smallest absolute Gasteiger partial charge is 0.255 e. The number of hydrogen-bond donors (Lipinski definition) is 1. The van der Waals surface area contributed by atoms with E-state index in [0.717, 1.165) is 5.56 Å². The van der Waals surface area contributed by atoms with Gasteiger partial charge in [0.05, 0.1) is 10.9 Å². The molecule has 0 bridgehead atoms. The first-order valence-electron chi connectivity index (χ1n) is 7.17. The van der Waals surface area contributed by atoms with Crippen LogP contribution in [0.25, 0.3) is 11.3 Å². The molecular formula is C16H16N4O2S. The van der Waals surface area contributed by atoms with Gasteiger partial charge in [0.1, 0.15) is 0 Å². The Labute approximate surface area is 137 Å². The fourth-order valence-electron chi connectivity index (χ4n) is 2.14. The number of aromatic nitrogens is 4. The minimum absolute atomic E-state index is 0.106. The second-order valence-corrected chi connectivity index (χ2v) is 6.46. The fourth-order valence-corrected chi connectivity index (χ4v) is 2.97. The first-order chi connectivity index (χ1) is 11.0. The van der Waals surface area contributed by atoms with Crippen molar-refractivity contribution in [2.45, 2.75) is 31.2 Å². The van der Waals surface area contributed by atoms with E-state index in [1.54, 1.807) is 13.8 Å². The third kappa shape index (κ3) is 3.34. The Kier molecular flexibility index (Phi) is 4.29. The monoisotopic (exact) mass is 328 g/mol. The number of aryl methyl sites for hydroxylation is 1. The van der Waals surface area contributed by atoms with Gasteiger partial charge >= 0.3 is 0 Å². The summed E-state index contributed by atoms with van der Waals surface area (Å²) in [7, 11) is 0. The highest BCUT2D eigenvalue weighted by atomic mass is 32.2. The van der Waals surface area contributed by atoms with Gasteiger partial charge in [-0.15, -0.1) is 10.2 Å². The summed E-state index contributed by atoms with van der Waals surface area (Å²) in [5.41, 5.74) is 2.06. The maximum absolute atomic E-state index is 12.2. The molecule has 0 aliphatic rings. The molecule has 0 fully saturated rings. The summed E-state index contributed by atoms with van der Waals surface area (Å²) in [6, 6.07) is 9.66. The molecule has 0 aliphatic carbocycles. The van der Waals surface area contributed by atoms with Crippen LogP contribution < -0.4 is 5.56 Å². The summed E-state index contributed by atoms with van der Waals surface area (Å²) >= 11 is 1.38. The zero-order valence-corrected chi connectivity index (χ0v) is 13.8. The molecule has 0 amide bonds. The minimum Gasteiger partial charge on any atom is -0.424 e. The molecule has 3 aromatic rings. The molecule has 1 aromatic carbocycles. The predicted octanol–water partition coefficient (Wildman–Crippen LogP) is 3.29. The molecule has 1 unspecified atom stereocenters. The highest BCUT2D eigenvalue weighted by Crippen LogP contribution is 2.32. The normalized spacial score (nSPS) is 12.3. The Hall–Kier alpha value is -2.41. The van der Waals surface area contributed by atoms with E-state index in [9.17, 15) is 4.79 Å². The zero-order valence-electron chi connectivity index (χ0n) is 13.0. The largest absolute Gasteiger partial charge is 0.424 e. The van der Waals surface area contributed by atoms with Crippen molar-refractivity contribution < 1.29 is 4.42 Å². The number of benzene rings is 1. The second-order valence-electron chi connectivity index (χ2n) is 5.13. The van der Waals surface area contributed by atoms with Gasteiger partial charge in [0.15, 0.2) is 5.16 Å². The van der Waals surface area contributed by atoms with Gasteiger partial charge in [0, 0.05) is 18.1 Å². The minimum atomic E-state index is -0.143. The molecule has 0 saturated carbocycles. The number of thioether (sulfide) groups is 1. The number of hydrogen-bond acceptors (Lipinski definition) is 6. The van der Waals surface area contributed by atoms with E-state index in [1.807, 2.05) is 37.3 Å². The summed E-state index contributed by atoms with van der Waals surface area (Å²) in [6.45, 7) is 5.44. The topological polar surface area (TPSA) is 84.7 Å². The molecule has 6 nitrogen and oxygen atoms in total. The second kappa shape index (κ2) is 6.37. The van der Waals surface area contributed by atoms with E-state index in [2.05, 4.69) is 20.2 Å². The molecule has 2 aromatic heterocycles. The lowest BCUT2D eigenvalue weighted by molar-refractivity contribution is 0.470. The molecule has 118 valence electrons. The van der Waals surface area contributed by atoms with E-state index in [4.69, 9.17) is 4.42 Å². The van der Waals surface area contributed by atoms with Crippen molar-refractivity contribution in [3.05, 3.63) is 58.0 Å². The van der Waals surface area contributed by atoms with Crippen LogP contribution in [0.5, 0.6) is 0 Å². The molecule has 3 rings (SSSR count). The van der Waals surface area contributed by atoms with Crippen LogP contribution in [0.15, 0.2) is 44.7 Å². The number of nitrogens with one attached hydrogen (secondary N) is 1. The summed E-state index contributed by atoms with van der Waals surface area (Å²) in [4.78, 5) is 19.6. The molecule has 0 saturated heterocycles. The molecule has 23 heavy (non-hydrogen) atoms. The first-order valence-corrected chi connectivity index (χ1v) is 8.05. The lowest BCUT2D eigenvalue weighted by Gasteiger charge is -2.09. The SMILES string of the molecule is Cc1nnc(C(C)Sc2nc(-c3ccccc3)c(C)c(=O)[nH]2)o1. The third-order valence-electron chi connectivity index (χ3n) is 3.35. The van der Waals surface area contributed by atoms with Gasteiger partial charge < -0.3 is 9.40 Å². The highest BCUT2D eigenvalue weighted by Gasteiger charge is 2.17. The standard InChI is InChI=1S/C16H16N4O2S/c1-9-13(12-7-5-4-6-8-12)17-16(18-14(9)21)23-10(2)15-20-19-11(3)22-15/h4-8,10H,1-3H3,(H,17,18,21). The number of nitrogens with zero attached hydrogens (tertiary/aromatic N) is 3. The van der Waals surface area contributed by atoms with Crippen LogP contribution in [-0.4, -0.2) is 20.2 Å². The van der Waals surface area contributed by atoms with Crippen LogP contribution in [0.4, 0.5) is 0 Å². The average Bonchev–Trinajstić information content (AvgIpc) is 2.98. The van der Waals surface area contributed by atoms with Crippen molar-refractivity contribution in [1.82, 2.24) is 20.2 Å². The van der Waals surface area contributed by atoms with Gasteiger partial charge in [-0.2, -0.15) is 0 Å². The van der Waals surface area contributed by atoms with Crippen LogP contribution in [0.2, 0.25) is 0 Å². The van der Waals surface area contributed by atoms with Crippen molar-refractivity contribution in [3.8, 4) is 11.3 Å². The fraction of sp³-hybridized carbons (Fsp3) is 0.250. The molecule has 0 aliphatic heterocycles. The Balaban J connectivity index is 1.95. The Bertz CT molecular complexity index is 873. The van der Waals surface area contributed by atoms with E-state index in [-0.39, 0.29) is 10.8 Å². The quantitative estimate of drug-likeness (QED) is 0.584. The van der Waals surface area contributed by atoms with Crippen LogP contribution in [-0.2, 0) is 0 Å². The summed E-state index contributed by atoms with van der Waals surface area (Å²) < 4.78 is 5.42. The van der Waals surface area contributed by atoms with Crippen molar-refractivity contribution in [2.24, 2.45) is 0 Å². The van der Waals surface area contributed by atoms with E-state index < -0.39 is 0 Å². The van der Waals surface area contributed by atoms with Crippen molar-refractivity contribution in [3.63, 3.8) is 0 Å². The summed E-state index contributed by atoms with van der Waals surface area (Å²) in [6.07, 6.45) is 0. The number of H-pyrrole nitrogens is 1. The van der Waals surface area contributed by atoms with Gasteiger partial charge in [-0.05, 0) is 13.8 Å². The molecule has 0 spiro atoms. The highest BCUT2D eigenvalue weighted by molar-refractivity contribution is 7.99. The van der Waals surface area contributed by atoms with Gasteiger partial charge in [-0.1, -0.05) is 42.1 Å². The van der Waals surface area contributed by atoms with Gasteiger partial charge in [0.2, 0.25) is 11.8 Å². The number of rotatable bonds is 4. The molecule has 0 radical (unpaired) electrons. The van der Waals surface area contributed by atoms with Crippen LogP contribution in [0.1, 0.15) is 29.5 Å². The van der Waals surface area contributed by atoms with E-state index >= 15 is 0 Å². The van der Waals surface area contributed by atoms with Crippen molar-refractivity contribution in [1.29, 1.82) is 0 Å². The van der Waals surface area contributed by atoms with Crippen LogP contribution >= 0.6 is 11.8 Å². The van der Waals surface area contributed by atoms with Gasteiger partial charge in [0.25, 0.3) is 5.56 Å². The molecule has 1 atom stereocenters. The maximum atomic E-state index is 12.2. The van der Waals surface area contributed by atoms with E-state index in [0.29, 0.717) is 28.2 Å². The average molecular weight is 328 g/mol. The van der Waals surface area contributed by atoms with Crippen molar-refractivity contribution >= 4 is 11.8 Å². The predicted molar refractivity (Wildman–Crippen MR) is 88.3 cm³/mol. The zero-order chi connectivity index (χ0) is 16.4.